The molecule has 5 rings (SSSR count). The van der Waals surface area contributed by atoms with Crippen molar-refractivity contribution in [1.29, 1.82) is 0 Å². The molecule has 0 atom stereocenters. The minimum Gasteiger partial charge on any atom is -0.369 e. The molecule has 0 unspecified atom stereocenters. The first-order chi connectivity index (χ1) is 13.0. The summed E-state index contributed by atoms with van der Waals surface area (Å²) >= 11 is 0. The zero-order valence-electron chi connectivity index (χ0n) is 16.0. The SMILES string of the molecule is Br.NC(N)=NN1CCCCC1.O=C1C=C(N2CC2)C(=O)C(N2CC2)=C1N1CC1. The third kappa shape index (κ3) is 4.78. The first-order valence-corrected chi connectivity index (χ1v) is 9.69. The Morgan fingerprint density at radius 1 is 0.786 bits per heavy atom. The maximum Gasteiger partial charge on any atom is 0.227 e. The van der Waals surface area contributed by atoms with Crippen molar-refractivity contribution in [2.75, 3.05) is 52.4 Å². The average molecular weight is 454 g/mol. The molecule has 4 N–H and O–H groups in total. The number of allylic oxidation sites excluding steroid dienone is 1. The van der Waals surface area contributed by atoms with E-state index in [1.807, 2.05) is 19.7 Å². The van der Waals surface area contributed by atoms with E-state index in [-0.39, 0.29) is 34.5 Å². The summed E-state index contributed by atoms with van der Waals surface area (Å²) in [5.74, 6) is 0.217. The third-order valence-corrected chi connectivity index (χ3v) is 5.08. The highest BCUT2D eigenvalue weighted by Gasteiger charge is 2.43. The topological polar surface area (TPSA) is 111 Å². The van der Waals surface area contributed by atoms with E-state index in [1.165, 1.54) is 25.3 Å². The summed E-state index contributed by atoms with van der Waals surface area (Å²) < 4.78 is 0. The second-order valence-corrected chi connectivity index (χ2v) is 7.42. The quantitative estimate of drug-likeness (QED) is 0.251. The van der Waals surface area contributed by atoms with E-state index in [2.05, 4.69) is 5.10 Å². The van der Waals surface area contributed by atoms with Crippen molar-refractivity contribution in [2.24, 2.45) is 16.6 Å². The number of nitrogens with zero attached hydrogens (tertiary/aromatic N) is 5. The molecule has 0 aromatic heterocycles. The fourth-order valence-corrected chi connectivity index (χ4v) is 3.42. The summed E-state index contributed by atoms with van der Waals surface area (Å²) in [4.78, 5) is 30.5. The minimum atomic E-state index is 0. The molecule has 4 aliphatic heterocycles. The Labute approximate surface area is 175 Å². The molecule has 1 aliphatic carbocycles. The molecule has 4 saturated heterocycles. The lowest BCUT2D eigenvalue weighted by Gasteiger charge is -2.23. The predicted octanol–water partition coefficient (Wildman–Crippen LogP) is -0.581. The Hall–Kier alpha value is -2.23. The maximum atomic E-state index is 12.4. The molecule has 4 heterocycles. The average Bonchev–Trinajstić information content (AvgIpc) is 3.46. The summed E-state index contributed by atoms with van der Waals surface area (Å²) in [6.45, 7) is 7.40. The number of carbonyl (C=O) groups is 2. The van der Waals surface area contributed by atoms with Crippen LogP contribution < -0.4 is 11.5 Å². The zero-order valence-corrected chi connectivity index (χ0v) is 17.7. The fourth-order valence-electron chi connectivity index (χ4n) is 3.42. The number of hydrogen-bond donors (Lipinski definition) is 2. The zero-order chi connectivity index (χ0) is 19.0. The highest BCUT2D eigenvalue weighted by molar-refractivity contribution is 8.93. The van der Waals surface area contributed by atoms with Crippen LogP contribution in [0, 0.1) is 0 Å². The standard InChI is InChI=1S/C12H13N3O2.C6H14N4.BrH/c16-9-7-8(13-1-2-13)12(17)11(15-5-6-15)10(9)14-3-4-14;7-6(8)9-10-4-2-1-3-5-10;/h7H,1-6H2;1-5H2,(H4,7,8,9);1H. The van der Waals surface area contributed by atoms with Crippen LogP contribution in [0.15, 0.2) is 28.3 Å². The minimum absolute atomic E-state index is 0. The highest BCUT2D eigenvalue weighted by atomic mass is 79.9. The van der Waals surface area contributed by atoms with E-state index < -0.39 is 0 Å². The maximum absolute atomic E-state index is 12.4. The van der Waals surface area contributed by atoms with Gasteiger partial charge in [0.2, 0.25) is 17.5 Å². The Morgan fingerprint density at radius 3 is 1.82 bits per heavy atom. The molecular weight excluding hydrogens is 426 g/mol. The molecule has 4 fully saturated rings. The Morgan fingerprint density at radius 2 is 1.32 bits per heavy atom. The molecule has 28 heavy (non-hydrogen) atoms. The number of halogens is 1. The molecule has 5 aliphatic rings. The summed E-state index contributed by atoms with van der Waals surface area (Å²) in [6.07, 6.45) is 5.24. The van der Waals surface area contributed by atoms with E-state index in [9.17, 15) is 9.59 Å². The van der Waals surface area contributed by atoms with Crippen LogP contribution in [0.25, 0.3) is 0 Å². The molecule has 0 spiro atoms. The number of carbonyl (C=O) groups excluding carboxylic acids is 2. The van der Waals surface area contributed by atoms with Gasteiger partial charge in [-0.3, -0.25) is 14.6 Å². The van der Waals surface area contributed by atoms with Gasteiger partial charge in [-0.2, -0.15) is 0 Å². The number of ketones is 2. The molecular formula is C18H28BrN7O2. The van der Waals surface area contributed by atoms with Crippen LogP contribution in [-0.4, -0.2) is 89.6 Å². The second-order valence-electron chi connectivity index (χ2n) is 7.42. The van der Waals surface area contributed by atoms with E-state index in [0.717, 1.165) is 52.4 Å². The van der Waals surface area contributed by atoms with Crippen molar-refractivity contribution >= 4 is 34.5 Å². The molecule has 0 aromatic rings. The van der Waals surface area contributed by atoms with Gasteiger partial charge < -0.3 is 26.2 Å². The molecule has 9 nitrogen and oxygen atoms in total. The number of nitrogens with two attached hydrogens (primary N) is 2. The number of hydrazone groups is 1. The first-order valence-electron chi connectivity index (χ1n) is 9.69. The molecule has 154 valence electrons. The van der Waals surface area contributed by atoms with Crippen molar-refractivity contribution in [3.63, 3.8) is 0 Å². The van der Waals surface area contributed by atoms with Gasteiger partial charge in [0.25, 0.3) is 0 Å². The van der Waals surface area contributed by atoms with Gasteiger partial charge in [-0.25, -0.2) is 0 Å². The summed E-state index contributed by atoms with van der Waals surface area (Å²) in [7, 11) is 0. The lowest BCUT2D eigenvalue weighted by atomic mass is 10.0. The van der Waals surface area contributed by atoms with Gasteiger partial charge in [-0.1, -0.05) is 0 Å². The smallest absolute Gasteiger partial charge is 0.227 e. The van der Waals surface area contributed by atoms with Gasteiger partial charge in [0.05, 0.1) is 5.70 Å². The molecule has 0 amide bonds. The number of hydrogen-bond acceptors (Lipinski definition) is 7. The van der Waals surface area contributed by atoms with Gasteiger partial charge in [0.15, 0.2) is 0 Å². The monoisotopic (exact) mass is 453 g/mol. The summed E-state index contributed by atoms with van der Waals surface area (Å²) in [5, 5.41) is 5.87. The summed E-state index contributed by atoms with van der Waals surface area (Å²) in [6, 6.07) is 0. The van der Waals surface area contributed by atoms with Crippen LogP contribution in [0.5, 0.6) is 0 Å². The summed E-state index contributed by atoms with van der Waals surface area (Å²) in [5.41, 5.74) is 12.3. The van der Waals surface area contributed by atoms with Crippen LogP contribution in [-0.2, 0) is 9.59 Å². The van der Waals surface area contributed by atoms with Gasteiger partial charge in [-0.15, -0.1) is 22.1 Å². The largest absolute Gasteiger partial charge is 0.369 e. The van der Waals surface area contributed by atoms with Crippen molar-refractivity contribution < 1.29 is 9.59 Å². The molecule has 0 saturated carbocycles. The van der Waals surface area contributed by atoms with Crippen molar-refractivity contribution in [2.45, 2.75) is 19.3 Å². The van der Waals surface area contributed by atoms with Crippen LogP contribution in [0.2, 0.25) is 0 Å². The fraction of sp³-hybridized carbons (Fsp3) is 0.611. The first kappa shape index (κ1) is 20.5. The third-order valence-electron chi connectivity index (χ3n) is 5.08. The van der Waals surface area contributed by atoms with Crippen LogP contribution in [0.4, 0.5) is 0 Å². The number of guanidine groups is 1. The highest BCUT2D eigenvalue weighted by Crippen LogP contribution is 2.33. The van der Waals surface area contributed by atoms with Gasteiger partial charge in [0, 0.05) is 58.4 Å². The normalized spacial score (nSPS) is 22.8. The van der Waals surface area contributed by atoms with Gasteiger partial charge in [0.1, 0.15) is 11.4 Å². The van der Waals surface area contributed by atoms with E-state index in [1.54, 1.807) is 0 Å². The van der Waals surface area contributed by atoms with E-state index in [0.29, 0.717) is 17.1 Å². The van der Waals surface area contributed by atoms with Crippen molar-refractivity contribution in [3.05, 3.63) is 23.2 Å². The Balaban J connectivity index is 0.000000178. The number of rotatable bonds is 4. The van der Waals surface area contributed by atoms with Crippen molar-refractivity contribution in [1.82, 2.24) is 19.7 Å². The molecule has 0 aromatic carbocycles. The number of piperidine rings is 1. The molecule has 10 heteroatoms. The van der Waals surface area contributed by atoms with Gasteiger partial charge in [-0.05, 0) is 19.3 Å². The lowest BCUT2D eigenvalue weighted by molar-refractivity contribution is -0.117. The van der Waals surface area contributed by atoms with Crippen LogP contribution in [0.3, 0.4) is 0 Å². The van der Waals surface area contributed by atoms with Crippen LogP contribution >= 0.6 is 17.0 Å². The van der Waals surface area contributed by atoms with E-state index >= 15 is 0 Å². The lowest BCUT2D eigenvalue weighted by Crippen LogP contribution is -2.32. The molecule has 0 bridgehead atoms. The predicted molar refractivity (Wildman–Crippen MR) is 111 cm³/mol. The van der Waals surface area contributed by atoms with Crippen molar-refractivity contribution in [3.8, 4) is 0 Å². The second kappa shape index (κ2) is 8.42. The Bertz CT molecular complexity index is 726. The van der Waals surface area contributed by atoms with E-state index in [4.69, 9.17) is 11.5 Å². The van der Waals surface area contributed by atoms with Crippen LogP contribution in [0.1, 0.15) is 19.3 Å². The number of Topliss-reactive ketones (excluding diaryl/α,β-unsaturated/α-hetero) is 1. The molecule has 0 radical (unpaired) electrons. The van der Waals surface area contributed by atoms with Gasteiger partial charge >= 0.3 is 0 Å². The Kier molecular flexibility index (Phi) is 6.17.